The number of nitrogen functional groups attached to an aromatic ring is 1. The standard InChI is InChI=1S/C12H10BrF2N3/c1-6-10(16)5-17-12(11(6)13)18-7-2-3-8(14)9(15)4-7/h2-5H,16H2,1H3,(H,17,18). The van der Waals surface area contributed by atoms with Crippen LogP contribution in [-0.4, -0.2) is 4.98 Å². The van der Waals surface area contributed by atoms with Crippen molar-refractivity contribution in [1.29, 1.82) is 0 Å². The van der Waals surface area contributed by atoms with Gasteiger partial charge >= 0.3 is 0 Å². The number of pyridine rings is 1. The van der Waals surface area contributed by atoms with E-state index in [1.807, 2.05) is 6.92 Å². The first-order valence-electron chi connectivity index (χ1n) is 5.11. The molecule has 3 nitrogen and oxygen atoms in total. The van der Waals surface area contributed by atoms with Gasteiger partial charge in [-0.1, -0.05) is 0 Å². The van der Waals surface area contributed by atoms with Crippen molar-refractivity contribution >= 4 is 33.1 Å². The molecule has 0 bridgehead atoms. The van der Waals surface area contributed by atoms with Crippen LogP contribution in [0.5, 0.6) is 0 Å². The molecule has 0 saturated heterocycles. The van der Waals surface area contributed by atoms with E-state index in [2.05, 4.69) is 26.2 Å². The van der Waals surface area contributed by atoms with Gasteiger partial charge < -0.3 is 11.1 Å². The van der Waals surface area contributed by atoms with Crippen LogP contribution in [0.25, 0.3) is 0 Å². The van der Waals surface area contributed by atoms with Crippen molar-refractivity contribution in [2.24, 2.45) is 0 Å². The highest BCUT2D eigenvalue weighted by Gasteiger charge is 2.09. The molecule has 1 heterocycles. The molecule has 2 rings (SSSR count). The second-order valence-electron chi connectivity index (χ2n) is 3.76. The monoisotopic (exact) mass is 313 g/mol. The van der Waals surface area contributed by atoms with E-state index in [9.17, 15) is 8.78 Å². The number of rotatable bonds is 2. The van der Waals surface area contributed by atoms with Crippen molar-refractivity contribution in [3.8, 4) is 0 Å². The Hall–Kier alpha value is -1.69. The summed E-state index contributed by atoms with van der Waals surface area (Å²) in [6.07, 6.45) is 1.50. The maximum absolute atomic E-state index is 13.1. The zero-order chi connectivity index (χ0) is 13.3. The van der Waals surface area contributed by atoms with Crippen LogP contribution in [0.15, 0.2) is 28.9 Å². The van der Waals surface area contributed by atoms with Gasteiger partial charge in [-0.15, -0.1) is 0 Å². The van der Waals surface area contributed by atoms with Crippen LogP contribution in [0.4, 0.5) is 26.0 Å². The summed E-state index contributed by atoms with van der Waals surface area (Å²) in [4.78, 5) is 4.09. The van der Waals surface area contributed by atoms with Crippen molar-refractivity contribution < 1.29 is 8.78 Å². The lowest BCUT2D eigenvalue weighted by Gasteiger charge is -2.11. The zero-order valence-corrected chi connectivity index (χ0v) is 11.1. The van der Waals surface area contributed by atoms with E-state index in [0.717, 1.165) is 17.7 Å². The summed E-state index contributed by atoms with van der Waals surface area (Å²) < 4.78 is 26.5. The van der Waals surface area contributed by atoms with Gasteiger partial charge in [0, 0.05) is 11.8 Å². The predicted molar refractivity (Wildman–Crippen MR) is 70.7 cm³/mol. The van der Waals surface area contributed by atoms with Crippen LogP contribution in [0, 0.1) is 18.6 Å². The van der Waals surface area contributed by atoms with Crippen molar-refractivity contribution in [2.75, 3.05) is 11.1 Å². The first-order valence-corrected chi connectivity index (χ1v) is 5.91. The Morgan fingerprint density at radius 2 is 2.00 bits per heavy atom. The van der Waals surface area contributed by atoms with E-state index in [1.165, 1.54) is 12.3 Å². The fraction of sp³-hybridized carbons (Fsp3) is 0.0833. The normalized spacial score (nSPS) is 10.4. The molecule has 0 unspecified atom stereocenters. The summed E-state index contributed by atoms with van der Waals surface area (Å²) in [7, 11) is 0. The molecule has 0 saturated carbocycles. The molecule has 0 atom stereocenters. The third kappa shape index (κ3) is 2.43. The Morgan fingerprint density at radius 1 is 1.28 bits per heavy atom. The highest BCUT2D eigenvalue weighted by Crippen LogP contribution is 2.30. The van der Waals surface area contributed by atoms with Gasteiger partial charge in [-0.25, -0.2) is 13.8 Å². The fourth-order valence-corrected chi connectivity index (χ4v) is 1.82. The zero-order valence-electron chi connectivity index (χ0n) is 9.47. The van der Waals surface area contributed by atoms with Gasteiger partial charge in [-0.05, 0) is 40.5 Å². The quantitative estimate of drug-likeness (QED) is 0.887. The minimum atomic E-state index is -0.914. The average Bonchev–Trinajstić information content (AvgIpc) is 2.34. The third-order valence-electron chi connectivity index (χ3n) is 2.49. The van der Waals surface area contributed by atoms with Gasteiger partial charge in [0.2, 0.25) is 0 Å². The van der Waals surface area contributed by atoms with E-state index in [-0.39, 0.29) is 0 Å². The number of halogens is 3. The van der Waals surface area contributed by atoms with Crippen LogP contribution in [0.2, 0.25) is 0 Å². The Labute approximate surface area is 111 Å². The summed E-state index contributed by atoms with van der Waals surface area (Å²) in [6.45, 7) is 1.83. The van der Waals surface area contributed by atoms with Crippen molar-refractivity contribution in [2.45, 2.75) is 6.92 Å². The molecule has 1 aromatic carbocycles. The van der Waals surface area contributed by atoms with Crippen LogP contribution in [-0.2, 0) is 0 Å². The van der Waals surface area contributed by atoms with Gasteiger partial charge in [0.1, 0.15) is 5.82 Å². The predicted octanol–water partition coefficient (Wildman–Crippen LogP) is 3.76. The van der Waals surface area contributed by atoms with E-state index in [0.29, 0.717) is 21.7 Å². The highest BCUT2D eigenvalue weighted by molar-refractivity contribution is 9.10. The van der Waals surface area contributed by atoms with E-state index in [4.69, 9.17) is 5.73 Å². The van der Waals surface area contributed by atoms with Crippen LogP contribution in [0.1, 0.15) is 5.56 Å². The Kier molecular flexibility index (Phi) is 3.47. The van der Waals surface area contributed by atoms with Crippen molar-refractivity contribution in [1.82, 2.24) is 4.98 Å². The number of benzene rings is 1. The molecule has 2 aromatic rings. The second-order valence-corrected chi connectivity index (χ2v) is 4.55. The first kappa shape index (κ1) is 12.8. The number of aromatic nitrogens is 1. The Bertz CT molecular complexity index is 602. The Balaban J connectivity index is 2.34. The van der Waals surface area contributed by atoms with Gasteiger partial charge in [0.15, 0.2) is 11.6 Å². The number of anilines is 3. The van der Waals surface area contributed by atoms with Crippen molar-refractivity contribution in [3.05, 3.63) is 46.1 Å². The van der Waals surface area contributed by atoms with Crippen LogP contribution < -0.4 is 11.1 Å². The summed E-state index contributed by atoms with van der Waals surface area (Å²) in [5, 5.41) is 2.89. The van der Waals surface area contributed by atoms with E-state index in [1.54, 1.807) is 0 Å². The molecule has 18 heavy (non-hydrogen) atoms. The maximum atomic E-state index is 13.1. The molecule has 0 radical (unpaired) electrons. The SMILES string of the molecule is Cc1c(N)cnc(Nc2ccc(F)c(F)c2)c1Br. The summed E-state index contributed by atoms with van der Waals surface area (Å²) in [5.41, 5.74) is 7.49. The Morgan fingerprint density at radius 3 is 2.67 bits per heavy atom. The summed E-state index contributed by atoms with van der Waals surface area (Å²) in [6, 6.07) is 3.54. The van der Waals surface area contributed by atoms with Crippen LogP contribution >= 0.6 is 15.9 Å². The summed E-state index contributed by atoms with van der Waals surface area (Å²) >= 11 is 3.35. The molecule has 0 amide bonds. The topological polar surface area (TPSA) is 50.9 Å². The molecule has 0 fully saturated rings. The lowest BCUT2D eigenvalue weighted by molar-refractivity contribution is 0.509. The highest BCUT2D eigenvalue weighted by atomic mass is 79.9. The largest absolute Gasteiger partial charge is 0.397 e. The fourth-order valence-electron chi connectivity index (χ4n) is 1.39. The molecular weight excluding hydrogens is 304 g/mol. The molecule has 0 aliphatic rings. The van der Waals surface area contributed by atoms with E-state index < -0.39 is 11.6 Å². The lowest BCUT2D eigenvalue weighted by Crippen LogP contribution is -2.00. The van der Waals surface area contributed by atoms with Gasteiger partial charge in [0.25, 0.3) is 0 Å². The van der Waals surface area contributed by atoms with Gasteiger partial charge in [-0.3, -0.25) is 0 Å². The maximum Gasteiger partial charge on any atom is 0.160 e. The molecule has 1 aromatic heterocycles. The number of nitrogens with zero attached hydrogens (tertiary/aromatic N) is 1. The van der Waals surface area contributed by atoms with Crippen LogP contribution in [0.3, 0.4) is 0 Å². The summed E-state index contributed by atoms with van der Waals surface area (Å²) in [5.74, 6) is -1.31. The molecular formula is C12H10BrF2N3. The number of hydrogen-bond acceptors (Lipinski definition) is 3. The van der Waals surface area contributed by atoms with E-state index >= 15 is 0 Å². The molecule has 6 heteroatoms. The number of nitrogens with two attached hydrogens (primary N) is 1. The smallest absolute Gasteiger partial charge is 0.160 e. The minimum Gasteiger partial charge on any atom is -0.397 e. The van der Waals surface area contributed by atoms with Crippen molar-refractivity contribution in [3.63, 3.8) is 0 Å². The number of nitrogens with one attached hydrogen (secondary N) is 1. The minimum absolute atomic E-state index is 0.409. The van der Waals surface area contributed by atoms with Gasteiger partial charge in [0.05, 0.1) is 16.4 Å². The molecule has 3 N–H and O–H groups in total. The molecule has 0 aliphatic heterocycles. The molecule has 94 valence electrons. The third-order valence-corrected chi connectivity index (χ3v) is 3.46. The average molecular weight is 314 g/mol. The lowest BCUT2D eigenvalue weighted by atomic mass is 10.2. The second kappa shape index (κ2) is 4.89. The number of hydrogen-bond donors (Lipinski definition) is 2. The van der Waals surface area contributed by atoms with Gasteiger partial charge in [-0.2, -0.15) is 0 Å². The molecule has 0 aliphatic carbocycles. The first-order chi connectivity index (χ1) is 8.49. The molecule has 0 spiro atoms.